The van der Waals surface area contributed by atoms with Crippen molar-refractivity contribution in [3.05, 3.63) is 40.8 Å². The van der Waals surface area contributed by atoms with Crippen LogP contribution in [0.2, 0.25) is 0 Å². The van der Waals surface area contributed by atoms with Crippen LogP contribution in [-0.2, 0) is 11.3 Å². The number of hydrogen-bond acceptors (Lipinski definition) is 4. The van der Waals surface area contributed by atoms with Crippen LogP contribution in [0.3, 0.4) is 0 Å². The Bertz CT molecular complexity index is 769. The molecule has 2 unspecified atom stereocenters. The molecular weight excluding hydrogens is 294 g/mol. The third kappa shape index (κ3) is 3.27. The highest BCUT2D eigenvalue weighted by molar-refractivity contribution is 5.80. The maximum absolute atomic E-state index is 12.6. The quantitative estimate of drug-likeness (QED) is 0.917. The molecule has 6 nitrogen and oxygen atoms in total. The highest BCUT2D eigenvalue weighted by atomic mass is 16.3. The normalized spacial score (nSPS) is 19.7. The van der Waals surface area contributed by atoms with Crippen molar-refractivity contribution in [2.75, 3.05) is 13.1 Å². The van der Waals surface area contributed by atoms with Crippen LogP contribution in [0.15, 0.2) is 35.3 Å². The van der Waals surface area contributed by atoms with Crippen molar-refractivity contribution in [1.82, 2.24) is 14.5 Å². The highest BCUT2D eigenvalue weighted by Crippen LogP contribution is 2.20. The van der Waals surface area contributed by atoms with Gasteiger partial charge in [0.25, 0.3) is 5.56 Å². The monoisotopic (exact) mass is 315 g/mol. The number of aliphatic hydroxyl groups excluding tert-OH is 1. The zero-order chi connectivity index (χ0) is 16.4. The number of aliphatic hydroxyl groups is 1. The number of carbonyl (C=O) groups excluding carboxylic acids is 1. The number of nitrogens with zero attached hydrogens (tertiary/aromatic N) is 3. The van der Waals surface area contributed by atoms with E-state index in [2.05, 4.69) is 4.98 Å². The summed E-state index contributed by atoms with van der Waals surface area (Å²) in [5.74, 6) is 0.0207. The Hall–Kier alpha value is -2.21. The van der Waals surface area contributed by atoms with Gasteiger partial charge in [0.2, 0.25) is 5.91 Å². The second-order valence-corrected chi connectivity index (χ2v) is 6.15. The number of carbonyl (C=O) groups is 1. The van der Waals surface area contributed by atoms with Gasteiger partial charge < -0.3 is 10.0 Å². The number of likely N-dealkylation sites (tertiary alicyclic amines) is 1. The number of para-hydroxylation sites is 2. The lowest BCUT2D eigenvalue weighted by Gasteiger charge is -2.34. The summed E-state index contributed by atoms with van der Waals surface area (Å²) in [7, 11) is 0. The third-order valence-corrected chi connectivity index (χ3v) is 4.54. The minimum absolute atomic E-state index is 0.00833. The fraction of sp³-hybridized carbons (Fsp3) is 0.471. The van der Waals surface area contributed by atoms with Gasteiger partial charge in [-0.05, 0) is 31.9 Å². The third-order valence-electron chi connectivity index (χ3n) is 4.54. The lowest BCUT2D eigenvalue weighted by Crippen LogP contribution is -2.45. The average molecular weight is 315 g/mol. The van der Waals surface area contributed by atoms with Gasteiger partial charge in [0.05, 0.1) is 23.3 Å². The van der Waals surface area contributed by atoms with E-state index < -0.39 is 6.10 Å². The Morgan fingerprint density at radius 3 is 3.00 bits per heavy atom. The zero-order valence-electron chi connectivity index (χ0n) is 13.2. The van der Waals surface area contributed by atoms with E-state index in [1.54, 1.807) is 17.9 Å². The van der Waals surface area contributed by atoms with Gasteiger partial charge >= 0.3 is 0 Å². The Labute approximate surface area is 134 Å². The lowest BCUT2D eigenvalue weighted by molar-refractivity contribution is -0.134. The lowest BCUT2D eigenvalue weighted by atomic mass is 9.93. The summed E-state index contributed by atoms with van der Waals surface area (Å²) in [6.45, 7) is 3.00. The molecule has 1 aromatic heterocycles. The molecule has 1 N–H and O–H groups in total. The molecule has 2 atom stereocenters. The minimum atomic E-state index is -0.421. The molecule has 0 saturated carbocycles. The predicted molar refractivity (Wildman–Crippen MR) is 87.0 cm³/mol. The first-order chi connectivity index (χ1) is 11.1. The minimum Gasteiger partial charge on any atom is -0.393 e. The van der Waals surface area contributed by atoms with Crippen molar-refractivity contribution >= 4 is 16.9 Å². The largest absolute Gasteiger partial charge is 0.393 e. The van der Waals surface area contributed by atoms with Gasteiger partial charge in [-0.1, -0.05) is 12.1 Å². The second-order valence-electron chi connectivity index (χ2n) is 6.15. The van der Waals surface area contributed by atoms with Gasteiger partial charge in [0, 0.05) is 19.0 Å². The first-order valence-electron chi connectivity index (χ1n) is 7.96. The topological polar surface area (TPSA) is 75.4 Å². The van der Waals surface area contributed by atoms with Gasteiger partial charge in [0.1, 0.15) is 6.54 Å². The second kappa shape index (κ2) is 6.50. The molecule has 1 aromatic carbocycles. The summed E-state index contributed by atoms with van der Waals surface area (Å²) in [5, 5.41) is 9.75. The van der Waals surface area contributed by atoms with Crippen molar-refractivity contribution in [2.45, 2.75) is 32.4 Å². The summed E-state index contributed by atoms with van der Waals surface area (Å²) in [6.07, 6.45) is 2.65. The molecule has 3 rings (SSSR count). The van der Waals surface area contributed by atoms with E-state index in [0.29, 0.717) is 24.1 Å². The standard InChI is InChI=1S/C17H21N3O3/c1-12(21)13-5-4-8-19(10-13)17(23)11-20-15-7-3-2-6-14(15)18-9-16(20)22/h2-3,6-7,9,12-13,21H,4-5,8,10-11H2,1H3. The summed E-state index contributed by atoms with van der Waals surface area (Å²) < 4.78 is 1.47. The SMILES string of the molecule is CC(O)C1CCCN(C(=O)Cn2c(=O)cnc3ccccc32)C1. The van der Waals surface area contributed by atoms with Gasteiger partial charge in [0.15, 0.2) is 0 Å². The molecule has 2 aromatic rings. The molecule has 1 fully saturated rings. The summed E-state index contributed by atoms with van der Waals surface area (Å²) in [4.78, 5) is 30.6. The molecule has 1 amide bonds. The highest BCUT2D eigenvalue weighted by Gasteiger charge is 2.26. The number of benzene rings is 1. The predicted octanol–water partition coefficient (Wildman–Crippen LogP) is 1.02. The molecule has 23 heavy (non-hydrogen) atoms. The van der Waals surface area contributed by atoms with Crippen molar-refractivity contribution in [3.8, 4) is 0 Å². The van der Waals surface area contributed by atoms with Gasteiger partial charge in [-0.3, -0.25) is 14.2 Å². The average Bonchev–Trinajstić information content (AvgIpc) is 2.57. The fourth-order valence-corrected chi connectivity index (χ4v) is 3.14. The molecule has 122 valence electrons. The van der Waals surface area contributed by atoms with Gasteiger partial charge in [-0.15, -0.1) is 0 Å². The molecule has 0 bridgehead atoms. The van der Waals surface area contributed by atoms with Crippen LogP contribution >= 0.6 is 0 Å². The number of amides is 1. The van der Waals surface area contributed by atoms with Crippen LogP contribution in [0, 0.1) is 5.92 Å². The van der Waals surface area contributed by atoms with Gasteiger partial charge in [-0.25, -0.2) is 4.98 Å². The van der Waals surface area contributed by atoms with E-state index in [-0.39, 0.29) is 23.9 Å². The molecule has 1 saturated heterocycles. The van der Waals surface area contributed by atoms with Crippen molar-refractivity contribution < 1.29 is 9.90 Å². The molecule has 2 heterocycles. The number of rotatable bonds is 3. The Kier molecular flexibility index (Phi) is 4.43. The van der Waals surface area contributed by atoms with Crippen LogP contribution in [0.4, 0.5) is 0 Å². The summed E-state index contributed by atoms with van der Waals surface area (Å²) >= 11 is 0. The van der Waals surface area contributed by atoms with E-state index in [4.69, 9.17) is 0 Å². The fourth-order valence-electron chi connectivity index (χ4n) is 3.14. The first-order valence-corrected chi connectivity index (χ1v) is 7.96. The first kappa shape index (κ1) is 15.7. The van der Waals surface area contributed by atoms with E-state index in [9.17, 15) is 14.7 Å². The molecule has 1 aliphatic rings. The van der Waals surface area contributed by atoms with E-state index >= 15 is 0 Å². The number of hydrogen-bond donors (Lipinski definition) is 1. The molecule has 0 radical (unpaired) electrons. The number of piperidine rings is 1. The van der Waals surface area contributed by atoms with Crippen LogP contribution in [0.1, 0.15) is 19.8 Å². The van der Waals surface area contributed by atoms with Crippen LogP contribution in [0.25, 0.3) is 11.0 Å². The maximum atomic E-state index is 12.6. The maximum Gasteiger partial charge on any atom is 0.269 e. The Balaban J connectivity index is 1.83. The summed E-state index contributed by atoms with van der Waals surface area (Å²) in [6, 6.07) is 7.30. The van der Waals surface area contributed by atoms with E-state index in [1.807, 2.05) is 18.2 Å². The smallest absolute Gasteiger partial charge is 0.269 e. The zero-order valence-corrected chi connectivity index (χ0v) is 13.2. The van der Waals surface area contributed by atoms with Crippen molar-refractivity contribution in [3.63, 3.8) is 0 Å². The van der Waals surface area contributed by atoms with Crippen LogP contribution in [-0.4, -0.2) is 44.7 Å². The van der Waals surface area contributed by atoms with Crippen molar-refractivity contribution in [1.29, 1.82) is 0 Å². The molecule has 0 aliphatic carbocycles. The molecule has 0 spiro atoms. The van der Waals surface area contributed by atoms with Gasteiger partial charge in [-0.2, -0.15) is 0 Å². The van der Waals surface area contributed by atoms with Crippen LogP contribution in [0.5, 0.6) is 0 Å². The Morgan fingerprint density at radius 1 is 1.43 bits per heavy atom. The molecular formula is C17H21N3O3. The molecule has 6 heteroatoms. The summed E-state index contributed by atoms with van der Waals surface area (Å²) in [5.41, 5.74) is 1.08. The van der Waals surface area contributed by atoms with Crippen molar-refractivity contribution in [2.24, 2.45) is 5.92 Å². The number of fused-ring (bicyclic) bond motifs is 1. The Morgan fingerprint density at radius 2 is 2.22 bits per heavy atom. The van der Waals surface area contributed by atoms with Crippen LogP contribution < -0.4 is 5.56 Å². The van der Waals surface area contributed by atoms with E-state index in [1.165, 1.54) is 10.8 Å². The molecule has 1 aliphatic heterocycles. The van der Waals surface area contributed by atoms with E-state index in [0.717, 1.165) is 12.8 Å². The number of aromatic nitrogens is 2.